The molecule has 3 aromatic rings. The van der Waals surface area contributed by atoms with Gasteiger partial charge in [-0.25, -0.2) is 0 Å². The van der Waals surface area contributed by atoms with Gasteiger partial charge in [0.15, 0.2) is 11.6 Å². The smallest absolute Gasteiger partial charge is 0.264 e. The molecule has 1 amide bonds. The van der Waals surface area contributed by atoms with E-state index < -0.39 is 0 Å². The third kappa shape index (κ3) is 4.28. The largest absolute Gasteiger partial charge is 0.497 e. The molecule has 0 aliphatic carbocycles. The molecule has 0 saturated heterocycles. The second kappa shape index (κ2) is 8.30. The Morgan fingerprint density at radius 3 is 2.46 bits per heavy atom. The van der Waals surface area contributed by atoms with Crippen LogP contribution in [0.3, 0.4) is 0 Å². The van der Waals surface area contributed by atoms with E-state index in [9.17, 15) is 4.79 Å². The van der Waals surface area contributed by atoms with Gasteiger partial charge in [-0.15, -0.1) is 10.2 Å². The molecule has 0 aliphatic heterocycles. The van der Waals surface area contributed by atoms with Gasteiger partial charge in [0.2, 0.25) is 5.13 Å². The Morgan fingerprint density at radius 2 is 1.73 bits per heavy atom. The monoisotopic (exact) mass is 371 g/mol. The lowest BCUT2D eigenvalue weighted by Crippen LogP contribution is -2.20. The van der Waals surface area contributed by atoms with E-state index in [1.807, 2.05) is 24.3 Å². The number of hydrogen-bond donors (Lipinski definition) is 1. The van der Waals surface area contributed by atoms with E-state index in [2.05, 4.69) is 15.5 Å². The highest BCUT2D eigenvalue weighted by Crippen LogP contribution is 2.33. The van der Waals surface area contributed by atoms with Gasteiger partial charge < -0.3 is 14.2 Å². The fraction of sp³-hybridized carbons (Fsp3) is 0.167. The minimum Gasteiger partial charge on any atom is -0.497 e. The van der Waals surface area contributed by atoms with Gasteiger partial charge >= 0.3 is 0 Å². The molecule has 0 unspecified atom stereocenters. The summed E-state index contributed by atoms with van der Waals surface area (Å²) in [4.78, 5) is 12.0. The number of nitrogens with zero attached hydrogens (tertiary/aromatic N) is 2. The van der Waals surface area contributed by atoms with Crippen molar-refractivity contribution in [3.63, 3.8) is 0 Å². The Hall–Kier alpha value is -3.13. The zero-order chi connectivity index (χ0) is 18.4. The Balaban J connectivity index is 1.59. The Kier molecular flexibility index (Phi) is 5.65. The lowest BCUT2D eigenvalue weighted by Gasteiger charge is -2.06. The van der Waals surface area contributed by atoms with E-state index in [1.54, 1.807) is 38.5 Å². The molecule has 0 spiro atoms. The van der Waals surface area contributed by atoms with Gasteiger partial charge in [0.25, 0.3) is 5.91 Å². The number of para-hydroxylation sites is 1. The molecule has 0 fully saturated rings. The minimum atomic E-state index is -0.316. The average Bonchev–Trinajstić information content (AvgIpc) is 3.15. The van der Waals surface area contributed by atoms with Crippen LogP contribution < -0.4 is 19.5 Å². The highest BCUT2D eigenvalue weighted by molar-refractivity contribution is 7.18. The molecule has 8 heteroatoms. The van der Waals surface area contributed by atoms with E-state index in [4.69, 9.17) is 14.2 Å². The third-order valence-electron chi connectivity index (χ3n) is 3.44. The fourth-order valence-corrected chi connectivity index (χ4v) is 2.97. The molecular weight excluding hydrogens is 354 g/mol. The van der Waals surface area contributed by atoms with Crippen molar-refractivity contribution in [3.05, 3.63) is 48.5 Å². The first-order valence-electron chi connectivity index (χ1n) is 7.73. The lowest BCUT2D eigenvalue weighted by molar-refractivity contribution is -0.118. The summed E-state index contributed by atoms with van der Waals surface area (Å²) in [5, 5.41) is 11.8. The molecule has 0 aliphatic rings. The highest BCUT2D eigenvalue weighted by atomic mass is 32.1. The molecular formula is C18H17N3O4S. The number of amides is 1. The summed E-state index contributed by atoms with van der Waals surface area (Å²) in [6.45, 7) is -0.129. The van der Waals surface area contributed by atoms with Gasteiger partial charge in [0, 0.05) is 0 Å². The van der Waals surface area contributed by atoms with Gasteiger partial charge in [-0.3, -0.25) is 10.1 Å². The molecule has 1 aromatic heterocycles. The number of aromatic nitrogens is 2. The number of carbonyl (C=O) groups is 1. The topological polar surface area (TPSA) is 82.6 Å². The lowest BCUT2D eigenvalue weighted by atomic mass is 10.2. The van der Waals surface area contributed by atoms with Crippen molar-refractivity contribution in [2.75, 3.05) is 26.1 Å². The van der Waals surface area contributed by atoms with Crippen molar-refractivity contribution in [3.8, 4) is 27.8 Å². The van der Waals surface area contributed by atoms with E-state index in [0.717, 1.165) is 11.3 Å². The quantitative estimate of drug-likeness (QED) is 0.687. The maximum atomic E-state index is 12.0. The van der Waals surface area contributed by atoms with E-state index >= 15 is 0 Å². The number of anilines is 1. The molecule has 1 heterocycles. The zero-order valence-electron chi connectivity index (χ0n) is 14.3. The number of methoxy groups -OCH3 is 2. The van der Waals surface area contributed by atoms with Gasteiger partial charge in [-0.05, 0) is 36.4 Å². The normalized spacial score (nSPS) is 10.2. The summed E-state index contributed by atoms with van der Waals surface area (Å²) in [7, 11) is 3.18. The van der Waals surface area contributed by atoms with Crippen LogP contribution >= 0.6 is 11.3 Å². The average molecular weight is 371 g/mol. The van der Waals surface area contributed by atoms with Crippen LogP contribution in [0.5, 0.6) is 17.2 Å². The van der Waals surface area contributed by atoms with Crippen molar-refractivity contribution >= 4 is 22.4 Å². The third-order valence-corrected chi connectivity index (χ3v) is 4.31. The number of carbonyl (C=O) groups excluding carboxylic acids is 1. The van der Waals surface area contributed by atoms with Crippen LogP contribution in [0.2, 0.25) is 0 Å². The molecule has 2 aromatic carbocycles. The van der Waals surface area contributed by atoms with Crippen LogP contribution in [0.25, 0.3) is 10.6 Å². The van der Waals surface area contributed by atoms with Crippen molar-refractivity contribution in [1.29, 1.82) is 0 Å². The molecule has 0 saturated carbocycles. The first-order valence-corrected chi connectivity index (χ1v) is 8.55. The maximum absolute atomic E-state index is 12.0. The summed E-state index contributed by atoms with van der Waals surface area (Å²) < 4.78 is 15.8. The second-order valence-corrected chi connectivity index (χ2v) is 6.10. The van der Waals surface area contributed by atoms with E-state index in [-0.39, 0.29) is 12.5 Å². The number of rotatable bonds is 7. The fourth-order valence-electron chi connectivity index (χ4n) is 2.18. The standard InChI is InChI=1S/C18H17N3O4S/c1-23-12-7-9-13(10-8-12)25-11-16(22)19-18-21-20-17(26-18)14-5-3-4-6-15(14)24-2/h3-10H,11H2,1-2H3,(H,19,21,22). The Labute approximate surface area is 154 Å². The predicted octanol–water partition coefficient (Wildman–Crippen LogP) is 3.24. The van der Waals surface area contributed by atoms with Gasteiger partial charge in [-0.2, -0.15) is 0 Å². The molecule has 0 atom stereocenters. The van der Waals surface area contributed by atoms with Crippen molar-refractivity contribution < 1.29 is 19.0 Å². The Bertz CT molecular complexity index is 880. The van der Waals surface area contributed by atoms with Crippen molar-refractivity contribution in [1.82, 2.24) is 10.2 Å². The van der Waals surface area contributed by atoms with Crippen LogP contribution in [-0.2, 0) is 4.79 Å². The van der Waals surface area contributed by atoms with Crippen LogP contribution in [0.4, 0.5) is 5.13 Å². The maximum Gasteiger partial charge on any atom is 0.264 e. The molecule has 1 N–H and O–H groups in total. The molecule has 134 valence electrons. The summed E-state index contributed by atoms with van der Waals surface area (Å²) in [5.74, 6) is 1.68. The summed E-state index contributed by atoms with van der Waals surface area (Å²) >= 11 is 1.26. The Morgan fingerprint density at radius 1 is 1.00 bits per heavy atom. The first kappa shape index (κ1) is 17.7. The number of nitrogens with one attached hydrogen (secondary N) is 1. The van der Waals surface area contributed by atoms with Crippen LogP contribution in [0.1, 0.15) is 0 Å². The van der Waals surface area contributed by atoms with Gasteiger partial charge in [-0.1, -0.05) is 23.5 Å². The highest BCUT2D eigenvalue weighted by Gasteiger charge is 2.13. The predicted molar refractivity (Wildman–Crippen MR) is 99.0 cm³/mol. The zero-order valence-corrected chi connectivity index (χ0v) is 15.1. The first-order chi connectivity index (χ1) is 12.7. The number of hydrogen-bond acceptors (Lipinski definition) is 7. The van der Waals surface area contributed by atoms with Crippen molar-refractivity contribution in [2.45, 2.75) is 0 Å². The summed E-state index contributed by atoms with van der Waals surface area (Å²) in [5.41, 5.74) is 0.822. The summed E-state index contributed by atoms with van der Waals surface area (Å²) in [6.07, 6.45) is 0. The van der Waals surface area contributed by atoms with Crippen LogP contribution in [-0.4, -0.2) is 36.9 Å². The molecule has 0 radical (unpaired) electrons. The second-order valence-electron chi connectivity index (χ2n) is 5.13. The van der Waals surface area contributed by atoms with E-state index in [0.29, 0.717) is 21.6 Å². The van der Waals surface area contributed by atoms with Crippen LogP contribution in [0.15, 0.2) is 48.5 Å². The minimum absolute atomic E-state index is 0.129. The van der Waals surface area contributed by atoms with E-state index in [1.165, 1.54) is 11.3 Å². The number of benzene rings is 2. The molecule has 26 heavy (non-hydrogen) atoms. The summed E-state index contributed by atoms with van der Waals surface area (Å²) in [6, 6.07) is 14.5. The SMILES string of the molecule is COc1ccc(OCC(=O)Nc2nnc(-c3ccccc3OC)s2)cc1. The molecule has 7 nitrogen and oxygen atoms in total. The molecule has 0 bridgehead atoms. The molecule has 3 rings (SSSR count). The number of ether oxygens (including phenoxy) is 3. The van der Waals surface area contributed by atoms with Crippen LogP contribution in [0, 0.1) is 0 Å². The van der Waals surface area contributed by atoms with Gasteiger partial charge in [0.05, 0.1) is 19.8 Å². The van der Waals surface area contributed by atoms with Crippen molar-refractivity contribution in [2.24, 2.45) is 0 Å². The van der Waals surface area contributed by atoms with Gasteiger partial charge in [0.1, 0.15) is 17.2 Å².